The number of unbranched alkanes of at least 4 members (excludes halogenated alkanes) is 1. The molecule has 5 heteroatoms. The van der Waals surface area contributed by atoms with E-state index in [1.54, 1.807) is 13.0 Å². The van der Waals surface area contributed by atoms with Gasteiger partial charge in [0, 0.05) is 0 Å². The predicted molar refractivity (Wildman–Crippen MR) is 96.1 cm³/mol. The van der Waals surface area contributed by atoms with Gasteiger partial charge in [-0.1, -0.05) is 30.3 Å². The average molecular weight is 364 g/mol. The van der Waals surface area contributed by atoms with Gasteiger partial charge in [-0.3, -0.25) is 0 Å². The summed E-state index contributed by atoms with van der Waals surface area (Å²) in [7, 11) is 0. The molecular weight excluding hydrogens is 341 g/mol. The molecule has 0 saturated heterocycles. The third kappa shape index (κ3) is 5.83. The Bertz CT molecular complexity index is 736. The minimum absolute atomic E-state index is 0.125. The SMILES string of the molecule is CCOc1ccc(OCc2ccc(CCCC=C(C)F)cc2)c(F)c1F. The smallest absolute Gasteiger partial charge is 0.204 e. The highest BCUT2D eigenvalue weighted by molar-refractivity contribution is 5.35. The van der Waals surface area contributed by atoms with Crippen LogP contribution in [0.15, 0.2) is 48.3 Å². The van der Waals surface area contributed by atoms with Gasteiger partial charge in [-0.2, -0.15) is 8.78 Å². The topological polar surface area (TPSA) is 18.5 Å². The first-order chi connectivity index (χ1) is 12.5. The largest absolute Gasteiger partial charge is 0.491 e. The Balaban J connectivity index is 1.90. The van der Waals surface area contributed by atoms with Crippen molar-refractivity contribution < 1.29 is 22.6 Å². The van der Waals surface area contributed by atoms with E-state index in [-0.39, 0.29) is 30.5 Å². The third-order valence-corrected chi connectivity index (χ3v) is 3.82. The summed E-state index contributed by atoms with van der Waals surface area (Å²) in [6.45, 7) is 3.53. The normalized spacial score (nSPS) is 11.5. The minimum atomic E-state index is -1.05. The van der Waals surface area contributed by atoms with Crippen LogP contribution < -0.4 is 9.47 Å². The molecule has 0 saturated carbocycles. The van der Waals surface area contributed by atoms with Gasteiger partial charge in [0.2, 0.25) is 11.6 Å². The molecule has 0 bridgehead atoms. The molecule has 0 unspecified atom stereocenters. The van der Waals surface area contributed by atoms with E-state index in [1.807, 2.05) is 24.3 Å². The number of aryl methyl sites for hydroxylation is 1. The standard InChI is InChI=1S/C21H23F3O2/c1-3-25-18-12-13-19(21(24)20(18)23)26-14-17-10-8-16(9-11-17)7-5-4-6-15(2)22/h6,8-13H,3-5,7,14H2,1-2H3. The summed E-state index contributed by atoms with van der Waals surface area (Å²) < 4.78 is 50.8. The number of halogens is 3. The zero-order valence-corrected chi connectivity index (χ0v) is 15.0. The van der Waals surface area contributed by atoms with E-state index in [4.69, 9.17) is 9.47 Å². The molecule has 0 fully saturated rings. The van der Waals surface area contributed by atoms with Crippen molar-refractivity contribution in [2.75, 3.05) is 6.61 Å². The molecule has 0 spiro atoms. The maximum Gasteiger partial charge on any atom is 0.204 e. The van der Waals surface area contributed by atoms with Crippen molar-refractivity contribution in [3.63, 3.8) is 0 Å². The van der Waals surface area contributed by atoms with E-state index in [0.29, 0.717) is 6.42 Å². The molecule has 0 N–H and O–H groups in total. The Morgan fingerprint density at radius 1 is 0.923 bits per heavy atom. The molecule has 0 amide bonds. The second kappa shape index (κ2) is 9.90. The molecule has 0 aliphatic heterocycles. The summed E-state index contributed by atoms with van der Waals surface area (Å²) in [6.07, 6.45) is 4.00. The first-order valence-electron chi connectivity index (χ1n) is 8.65. The highest BCUT2D eigenvalue weighted by Crippen LogP contribution is 2.28. The Kier molecular flexibility index (Phi) is 7.57. The van der Waals surface area contributed by atoms with Gasteiger partial charge in [-0.25, -0.2) is 4.39 Å². The zero-order chi connectivity index (χ0) is 18.9. The van der Waals surface area contributed by atoms with Gasteiger partial charge in [-0.05, 0) is 56.4 Å². The molecular formula is C21H23F3O2. The lowest BCUT2D eigenvalue weighted by Gasteiger charge is -2.11. The molecule has 2 rings (SSSR count). The maximum atomic E-state index is 14.0. The van der Waals surface area contributed by atoms with Gasteiger partial charge in [-0.15, -0.1) is 0 Å². The summed E-state index contributed by atoms with van der Waals surface area (Å²) in [5, 5.41) is 0. The van der Waals surface area contributed by atoms with Crippen molar-refractivity contribution in [2.45, 2.75) is 39.7 Å². The molecule has 0 aromatic heterocycles. The van der Waals surface area contributed by atoms with Crippen LogP contribution >= 0.6 is 0 Å². The number of rotatable bonds is 9. The Morgan fingerprint density at radius 3 is 2.08 bits per heavy atom. The number of hydrogen-bond donors (Lipinski definition) is 0. The molecule has 0 radical (unpaired) electrons. The van der Waals surface area contributed by atoms with Crippen LogP contribution in [0.3, 0.4) is 0 Å². The van der Waals surface area contributed by atoms with Gasteiger partial charge in [0.1, 0.15) is 6.61 Å². The van der Waals surface area contributed by atoms with E-state index in [2.05, 4.69) is 0 Å². The van der Waals surface area contributed by atoms with Gasteiger partial charge >= 0.3 is 0 Å². The van der Waals surface area contributed by atoms with Gasteiger partial charge in [0.05, 0.1) is 12.4 Å². The maximum absolute atomic E-state index is 14.0. The molecule has 0 aliphatic carbocycles. The highest BCUT2D eigenvalue weighted by Gasteiger charge is 2.15. The van der Waals surface area contributed by atoms with E-state index in [9.17, 15) is 13.2 Å². The lowest BCUT2D eigenvalue weighted by molar-refractivity contribution is 0.274. The Labute approximate surface area is 152 Å². The fourth-order valence-electron chi connectivity index (χ4n) is 2.46. The van der Waals surface area contributed by atoms with Gasteiger partial charge < -0.3 is 9.47 Å². The highest BCUT2D eigenvalue weighted by atomic mass is 19.2. The monoisotopic (exact) mass is 364 g/mol. The lowest BCUT2D eigenvalue weighted by atomic mass is 10.1. The number of benzene rings is 2. The number of hydrogen-bond acceptors (Lipinski definition) is 2. The minimum Gasteiger partial charge on any atom is -0.491 e. The Morgan fingerprint density at radius 2 is 1.50 bits per heavy atom. The quantitative estimate of drug-likeness (QED) is 0.498. The number of ether oxygens (including phenoxy) is 2. The third-order valence-electron chi connectivity index (χ3n) is 3.82. The summed E-state index contributed by atoms with van der Waals surface area (Å²) >= 11 is 0. The summed E-state index contributed by atoms with van der Waals surface area (Å²) in [5.74, 6) is -2.53. The van der Waals surface area contributed by atoms with E-state index < -0.39 is 11.6 Å². The molecule has 2 nitrogen and oxygen atoms in total. The van der Waals surface area contributed by atoms with Gasteiger partial charge in [0.25, 0.3) is 0 Å². The van der Waals surface area contributed by atoms with Crippen molar-refractivity contribution in [3.8, 4) is 11.5 Å². The van der Waals surface area contributed by atoms with E-state index >= 15 is 0 Å². The van der Waals surface area contributed by atoms with Crippen LogP contribution in [-0.4, -0.2) is 6.61 Å². The Hall–Kier alpha value is -2.43. The van der Waals surface area contributed by atoms with Crippen LogP contribution in [0.4, 0.5) is 13.2 Å². The van der Waals surface area contributed by atoms with E-state index in [1.165, 1.54) is 19.1 Å². The van der Waals surface area contributed by atoms with Gasteiger partial charge in [0.15, 0.2) is 11.5 Å². The second-order valence-electron chi connectivity index (χ2n) is 5.91. The molecule has 2 aromatic carbocycles. The molecule has 0 heterocycles. The van der Waals surface area contributed by atoms with Crippen LogP contribution in [0.5, 0.6) is 11.5 Å². The second-order valence-corrected chi connectivity index (χ2v) is 5.91. The number of allylic oxidation sites excluding steroid dienone is 2. The van der Waals surface area contributed by atoms with Crippen molar-refractivity contribution in [1.29, 1.82) is 0 Å². The predicted octanol–water partition coefficient (Wildman–Crippen LogP) is 6.14. The first kappa shape index (κ1) is 19.9. The fourth-order valence-corrected chi connectivity index (χ4v) is 2.46. The van der Waals surface area contributed by atoms with Crippen molar-refractivity contribution >= 4 is 0 Å². The van der Waals surface area contributed by atoms with Crippen molar-refractivity contribution in [1.82, 2.24) is 0 Å². The zero-order valence-electron chi connectivity index (χ0n) is 15.0. The molecule has 26 heavy (non-hydrogen) atoms. The molecule has 0 atom stereocenters. The van der Waals surface area contributed by atoms with E-state index in [0.717, 1.165) is 24.0 Å². The molecule has 140 valence electrons. The molecule has 0 aliphatic rings. The van der Waals surface area contributed by atoms with Crippen LogP contribution in [0.1, 0.15) is 37.8 Å². The van der Waals surface area contributed by atoms with Crippen LogP contribution in [0.2, 0.25) is 0 Å². The summed E-state index contributed by atoms with van der Waals surface area (Å²) in [5.41, 5.74) is 1.99. The summed E-state index contributed by atoms with van der Waals surface area (Å²) in [6, 6.07) is 10.4. The van der Waals surface area contributed by atoms with Crippen LogP contribution in [0, 0.1) is 11.6 Å². The van der Waals surface area contributed by atoms with Crippen molar-refractivity contribution in [3.05, 3.63) is 71.1 Å². The van der Waals surface area contributed by atoms with Crippen LogP contribution in [0.25, 0.3) is 0 Å². The average Bonchev–Trinajstić information content (AvgIpc) is 2.63. The molecule has 2 aromatic rings. The fraction of sp³-hybridized carbons (Fsp3) is 0.333. The van der Waals surface area contributed by atoms with Crippen molar-refractivity contribution in [2.24, 2.45) is 0 Å². The van der Waals surface area contributed by atoms with Crippen LogP contribution in [-0.2, 0) is 13.0 Å². The summed E-state index contributed by atoms with van der Waals surface area (Å²) in [4.78, 5) is 0. The first-order valence-corrected chi connectivity index (χ1v) is 8.65. The lowest BCUT2D eigenvalue weighted by Crippen LogP contribution is -2.02.